The number of rotatable bonds is 12. The Morgan fingerprint density at radius 2 is 1.44 bits per heavy atom. The van der Waals surface area contributed by atoms with Crippen molar-refractivity contribution < 1.29 is 18.0 Å². The Hall–Kier alpha value is -3.65. The number of carbonyl (C=O) groups is 2. The quantitative estimate of drug-likeness (QED) is 0.341. The molecule has 0 bridgehead atoms. The number of nitrogens with one attached hydrogen (secondary N) is 1. The van der Waals surface area contributed by atoms with Gasteiger partial charge in [0.1, 0.15) is 12.6 Å². The third kappa shape index (κ3) is 7.93. The van der Waals surface area contributed by atoms with Gasteiger partial charge < -0.3 is 10.2 Å². The van der Waals surface area contributed by atoms with Crippen molar-refractivity contribution in [3.63, 3.8) is 0 Å². The second-order valence-electron chi connectivity index (χ2n) is 10.2. The zero-order valence-corrected chi connectivity index (χ0v) is 24.2. The first-order chi connectivity index (χ1) is 18.5. The van der Waals surface area contributed by atoms with Gasteiger partial charge in [-0.25, -0.2) is 8.42 Å². The zero-order chi connectivity index (χ0) is 28.6. The van der Waals surface area contributed by atoms with Crippen molar-refractivity contribution in [1.29, 1.82) is 0 Å². The van der Waals surface area contributed by atoms with Crippen LogP contribution in [0, 0.1) is 19.8 Å². The van der Waals surface area contributed by atoms with Crippen LogP contribution >= 0.6 is 0 Å². The van der Waals surface area contributed by atoms with Crippen LogP contribution in [0.15, 0.2) is 83.8 Å². The fourth-order valence-corrected chi connectivity index (χ4v) is 5.88. The summed E-state index contributed by atoms with van der Waals surface area (Å²) in [4.78, 5) is 28.9. The molecule has 0 saturated carbocycles. The van der Waals surface area contributed by atoms with Crippen LogP contribution in [0.1, 0.15) is 43.9 Å². The fourth-order valence-electron chi connectivity index (χ4n) is 4.47. The number of anilines is 1. The molecule has 0 aliphatic rings. The molecule has 1 unspecified atom stereocenters. The first kappa shape index (κ1) is 29.9. The summed E-state index contributed by atoms with van der Waals surface area (Å²) in [5.74, 6) is -0.454. The molecule has 0 radical (unpaired) electrons. The smallest absolute Gasteiger partial charge is 0.264 e. The summed E-state index contributed by atoms with van der Waals surface area (Å²) in [6.45, 7) is 9.86. The third-order valence-electron chi connectivity index (χ3n) is 6.37. The molecule has 1 N–H and O–H groups in total. The van der Waals surface area contributed by atoms with E-state index in [-0.39, 0.29) is 23.3 Å². The lowest BCUT2D eigenvalue weighted by Crippen LogP contribution is -2.52. The van der Waals surface area contributed by atoms with E-state index in [4.69, 9.17) is 0 Å². The van der Waals surface area contributed by atoms with E-state index in [1.54, 1.807) is 30.3 Å². The standard InChI is InChI=1S/C31H39N3O4S/c1-6-29(31(36)32-20-23(2)3)33(21-26-13-9-7-10-14-26)30(35)22-34(27-18-24(4)17-25(5)19-27)39(37,38)28-15-11-8-12-16-28/h7-19,23,29H,6,20-22H2,1-5H3,(H,32,36). The van der Waals surface area contributed by atoms with Crippen LogP contribution in [0.4, 0.5) is 5.69 Å². The van der Waals surface area contributed by atoms with Gasteiger partial charge in [-0.05, 0) is 67.1 Å². The van der Waals surface area contributed by atoms with Crippen LogP contribution in [-0.2, 0) is 26.2 Å². The monoisotopic (exact) mass is 549 g/mol. The van der Waals surface area contributed by atoms with E-state index in [2.05, 4.69) is 5.32 Å². The zero-order valence-electron chi connectivity index (χ0n) is 23.4. The van der Waals surface area contributed by atoms with E-state index in [1.165, 1.54) is 17.0 Å². The molecule has 0 saturated heterocycles. The van der Waals surface area contributed by atoms with Gasteiger partial charge in [-0.15, -0.1) is 0 Å². The molecule has 1 atom stereocenters. The molecule has 0 fully saturated rings. The predicted molar refractivity (Wildman–Crippen MR) is 156 cm³/mol. The first-order valence-electron chi connectivity index (χ1n) is 13.3. The van der Waals surface area contributed by atoms with E-state index in [9.17, 15) is 18.0 Å². The molecule has 7 nitrogen and oxygen atoms in total. The van der Waals surface area contributed by atoms with Gasteiger partial charge in [0.05, 0.1) is 10.6 Å². The third-order valence-corrected chi connectivity index (χ3v) is 8.16. The van der Waals surface area contributed by atoms with Gasteiger partial charge in [-0.3, -0.25) is 13.9 Å². The molecule has 8 heteroatoms. The number of sulfonamides is 1. The SMILES string of the molecule is CCC(C(=O)NCC(C)C)N(Cc1ccccc1)C(=O)CN(c1cc(C)cc(C)c1)S(=O)(=O)c1ccccc1. The van der Waals surface area contributed by atoms with Gasteiger partial charge in [-0.1, -0.05) is 75.4 Å². The fraction of sp³-hybridized carbons (Fsp3) is 0.355. The number of amides is 2. The highest BCUT2D eigenvalue weighted by atomic mass is 32.2. The van der Waals surface area contributed by atoms with Crippen LogP contribution in [0.5, 0.6) is 0 Å². The van der Waals surface area contributed by atoms with Crippen LogP contribution < -0.4 is 9.62 Å². The molecule has 0 aliphatic heterocycles. The summed E-state index contributed by atoms with van der Waals surface area (Å²) in [7, 11) is -4.08. The Morgan fingerprint density at radius 3 is 1.97 bits per heavy atom. The Bertz CT molecular complexity index is 1340. The molecule has 208 valence electrons. The number of carbonyl (C=O) groups excluding carboxylic acids is 2. The van der Waals surface area contributed by atoms with E-state index < -0.39 is 28.5 Å². The Labute approximate surface area is 232 Å². The van der Waals surface area contributed by atoms with Crippen molar-refractivity contribution >= 4 is 27.5 Å². The van der Waals surface area contributed by atoms with Gasteiger partial charge in [0.15, 0.2) is 0 Å². The lowest BCUT2D eigenvalue weighted by molar-refractivity contribution is -0.140. The summed E-state index contributed by atoms with van der Waals surface area (Å²) in [6.07, 6.45) is 0.386. The molecule has 0 aliphatic carbocycles. The normalized spacial score (nSPS) is 12.2. The number of hydrogen-bond acceptors (Lipinski definition) is 4. The predicted octanol–water partition coefficient (Wildman–Crippen LogP) is 5.08. The Kier molecular flexibility index (Phi) is 10.3. The minimum absolute atomic E-state index is 0.0910. The van der Waals surface area contributed by atoms with Gasteiger partial charge in [0.25, 0.3) is 10.0 Å². The average Bonchev–Trinajstić information content (AvgIpc) is 2.90. The van der Waals surface area contributed by atoms with E-state index in [0.717, 1.165) is 21.0 Å². The molecule has 3 aromatic carbocycles. The van der Waals surface area contributed by atoms with Crippen molar-refractivity contribution in [3.8, 4) is 0 Å². The molecule has 0 spiro atoms. The molecule has 39 heavy (non-hydrogen) atoms. The first-order valence-corrected chi connectivity index (χ1v) is 14.7. The summed E-state index contributed by atoms with van der Waals surface area (Å²) in [6, 6.07) is 22.2. The molecule has 2 amide bonds. The van der Waals surface area contributed by atoms with Gasteiger partial charge in [-0.2, -0.15) is 0 Å². The maximum Gasteiger partial charge on any atom is 0.264 e. The second-order valence-corrected chi connectivity index (χ2v) is 12.1. The topological polar surface area (TPSA) is 86.8 Å². The van der Waals surface area contributed by atoms with E-state index in [0.29, 0.717) is 18.7 Å². The number of aryl methyl sites for hydroxylation is 2. The highest BCUT2D eigenvalue weighted by Gasteiger charge is 2.33. The van der Waals surface area contributed by atoms with Crippen molar-refractivity contribution in [2.45, 2.75) is 58.5 Å². The van der Waals surface area contributed by atoms with Crippen LogP contribution in [0.3, 0.4) is 0 Å². The largest absolute Gasteiger partial charge is 0.354 e. The van der Waals surface area contributed by atoms with Gasteiger partial charge in [0.2, 0.25) is 11.8 Å². The number of nitrogens with zero attached hydrogens (tertiary/aromatic N) is 2. The molecule has 3 rings (SSSR count). The minimum atomic E-state index is -4.08. The van der Waals surface area contributed by atoms with Crippen molar-refractivity contribution in [2.24, 2.45) is 5.92 Å². The molecule has 3 aromatic rings. The molecule has 0 aromatic heterocycles. The molecular weight excluding hydrogens is 510 g/mol. The summed E-state index contributed by atoms with van der Waals surface area (Å²) < 4.78 is 29.0. The summed E-state index contributed by atoms with van der Waals surface area (Å²) >= 11 is 0. The van der Waals surface area contributed by atoms with E-state index in [1.807, 2.05) is 71.0 Å². The van der Waals surface area contributed by atoms with Crippen LogP contribution in [0.25, 0.3) is 0 Å². The van der Waals surface area contributed by atoms with Crippen molar-refractivity contribution in [1.82, 2.24) is 10.2 Å². The molecular formula is C31H39N3O4S. The lowest BCUT2D eigenvalue weighted by atomic mass is 10.1. The van der Waals surface area contributed by atoms with Crippen molar-refractivity contribution in [2.75, 3.05) is 17.4 Å². The Morgan fingerprint density at radius 1 is 0.872 bits per heavy atom. The summed E-state index contributed by atoms with van der Waals surface area (Å²) in [5, 5.41) is 2.95. The maximum absolute atomic E-state index is 14.1. The summed E-state index contributed by atoms with van der Waals surface area (Å²) in [5.41, 5.74) is 3.02. The maximum atomic E-state index is 14.1. The van der Waals surface area contributed by atoms with Gasteiger partial charge >= 0.3 is 0 Å². The highest BCUT2D eigenvalue weighted by molar-refractivity contribution is 7.92. The minimum Gasteiger partial charge on any atom is -0.354 e. The Balaban J connectivity index is 2.05. The molecule has 0 heterocycles. The van der Waals surface area contributed by atoms with Crippen LogP contribution in [-0.4, -0.2) is 44.3 Å². The van der Waals surface area contributed by atoms with Crippen molar-refractivity contribution in [3.05, 3.63) is 95.6 Å². The average molecular weight is 550 g/mol. The number of hydrogen-bond donors (Lipinski definition) is 1. The van der Waals surface area contributed by atoms with E-state index >= 15 is 0 Å². The number of benzene rings is 3. The van der Waals surface area contributed by atoms with Crippen LogP contribution in [0.2, 0.25) is 0 Å². The second kappa shape index (κ2) is 13.4. The lowest BCUT2D eigenvalue weighted by Gasteiger charge is -2.33. The highest BCUT2D eigenvalue weighted by Crippen LogP contribution is 2.27. The van der Waals surface area contributed by atoms with Gasteiger partial charge in [0, 0.05) is 13.1 Å².